The van der Waals surface area contributed by atoms with Gasteiger partial charge in [-0.3, -0.25) is 9.59 Å². The van der Waals surface area contributed by atoms with Crippen molar-refractivity contribution in [3.8, 4) is 0 Å². The summed E-state index contributed by atoms with van der Waals surface area (Å²) in [4.78, 5) is 24.3. The van der Waals surface area contributed by atoms with Crippen LogP contribution in [0, 0.1) is 19.8 Å². The van der Waals surface area contributed by atoms with Crippen molar-refractivity contribution in [2.45, 2.75) is 50.8 Å². The van der Waals surface area contributed by atoms with Gasteiger partial charge in [0.05, 0.1) is 11.4 Å². The summed E-state index contributed by atoms with van der Waals surface area (Å²) in [7, 11) is -2.35. The van der Waals surface area contributed by atoms with E-state index in [1.807, 2.05) is 13.8 Å². The van der Waals surface area contributed by atoms with Crippen molar-refractivity contribution < 1.29 is 18.0 Å². The SMILES string of the molecule is Cc1ccc(S(=O)(=O)N(C)CC(=O)NCCNC(=O)C2CCCCC2)cc1C. The molecular formula is C20H31N3O4S. The predicted octanol–water partition coefficient (Wildman–Crippen LogP) is 1.74. The summed E-state index contributed by atoms with van der Waals surface area (Å²) in [5, 5.41) is 5.50. The van der Waals surface area contributed by atoms with Gasteiger partial charge in [0.15, 0.2) is 0 Å². The molecule has 156 valence electrons. The zero-order valence-corrected chi connectivity index (χ0v) is 17.8. The van der Waals surface area contributed by atoms with E-state index in [4.69, 9.17) is 0 Å². The third-order valence-electron chi connectivity index (χ3n) is 5.28. The Hall–Kier alpha value is -1.93. The molecule has 1 aromatic carbocycles. The summed E-state index contributed by atoms with van der Waals surface area (Å²) >= 11 is 0. The van der Waals surface area contributed by atoms with Crippen molar-refractivity contribution in [1.82, 2.24) is 14.9 Å². The van der Waals surface area contributed by atoms with Crippen LogP contribution in [0.25, 0.3) is 0 Å². The number of hydrogen-bond donors (Lipinski definition) is 2. The fraction of sp³-hybridized carbons (Fsp3) is 0.600. The van der Waals surface area contributed by atoms with Crippen molar-refractivity contribution in [3.63, 3.8) is 0 Å². The number of hydrogen-bond acceptors (Lipinski definition) is 4. The van der Waals surface area contributed by atoms with Gasteiger partial charge in [0.1, 0.15) is 0 Å². The first-order chi connectivity index (χ1) is 13.2. The average molecular weight is 410 g/mol. The van der Waals surface area contributed by atoms with Gasteiger partial charge in [-0.05, 0) is 49.9 Å². The molecule has 0 unspecified atom stereocenters. The second-order valence-electron chi connectivity index (χ2n) is 7.48. The molecular weight excluding hydrogens is 378 g/mol. The van der Waals surface area contributed by atoms with Crippen LogP contribution in [0.4, 0.5) is 0 Å². The molecule has 0 aliphatic heterocycles. The molecule has 0 bridgehead atoms. The van der Waals surface area contributed by atoms with Crippen LogP contribution >= 0.6 is 0 Å². The minimum Gasteiger partial charge on any atom is -0.354 e. The van der Waals surface area contributed by atoms with E-state index in [1.165, 1.54) is 13.5 Å². The summed E-state index contributed by atoms with van der Waals surface area (Å²) in [5.41, 5.74) is 1.89. The van der Waals surface area contributed by atoms with Gasteiger partial charge in [0.2, 0.25) is 21.8 Å². The standard InChI is InChI=1S/C20H31N3O4S/c1-15-9-10-18(13-16(15)2)28(26,27)23(3)14-19(24)21-11-12-22-20(25)17-7-5-4-6-8-17/h9-10,13,17H,4-8,11-12,14H2,1-3H3,(H,21,24)(H,22,25). The first-order valence-corrected chi connectivity index (χ1v) is 11.2. The zero-order chi connectivity index (χ0) is 20.7. The third kappa shape index (κ3) is 6.04. The first kappa shape index (κ1) is 22.4. The molecule has 1 fully saturated rings. The van der Waals surface area contributed by atoms with Crippen molar-refractivity contribution >= 4 is 21.8 Å². The summed E-state index contributed by atoms with van der Waals surface area (Å²) in [5.74, 6) is -0.274. The molecule has 7 nitrogen and oxygen atoms in total. The summed E-state index contributed by atoms with van der Waals surface area (Å²) in [6.07, 6.45) is 5.24. The average Bonchev–Trinajstić information content (AvgIpc) is 2.67. The van der Waals surface area contributed by atoms with Gasteiger partial charge in [0, 0.05) is 26.1 Å². The number of likely N-dealkylation sites (N-methyl/N-ethyl adjacent to an activating group) is 1. The summed E-state index contributed by atoms with van der Waals surface area (Å²) in [6, 6.07) is 4.91. The number of nitrogens with zero attached hydrogens (tertiary/aromatic N) is 1. The number of amides is 2. The molecule has 1 aromatic rings. The van der Waals surface area contributed by atoms with E-state index in [0.29, 0.717) is 6.54 Å². The molecule has 1 aliphatic carbocycles. The molecule has 1 aliphatic rings. The fourth-order valence-electron chi connectivity index (χ4n) is 3.29. The molecule has 2 amide bonds. The number of rotatable bonds is 8. The highest BCUT2D eigenvalue weighted by Crippen LogP contribution is 2.23. The monoisotopic (exact) mass is 409 g/mol. The normalized spacial score (nSPS) is 15.4. The van der Waals surface area contributed by atoms with Crippen LogP contribution in [0.5, 0.6) is 0 Å². The fourth-order valence-corrected chi connectivity index (χ4v) is 4.51. The van der Waals surface area contributed by atoms with Crippen molar-refractivity contribution in [1.29, 1.82) is 0 Å². The van der Waals surface area contributed by atoms with Gasteiger partial charge >= 0.3 is 0 Å². The predicted molar refractivity (Wildman–Crippen MR) is 108 cm³/mol. The molecule has 0 aromatic heterocycles. The maximum absolute atomic E-state index is 12.6. The lowest BCUT2D eigenvalue weighted by Crippen LogP contribution is -2.42. The molecule has 0 saturated heterocycles. The Morgan fingerprint density at radius 3 is 2.32 bits per heavy atom. The Balaban J connectivity index is 1.77. The van der Waals surface area contributed by atoms with E-state index >= 15 is 0 Å². The number of carbonyl (C=O) groups excluding carboxylic acids is 2. The Morgan fingerprint density at radius 2 is 1.68 bits per heavy atom. The quantitative estimate of drug-likeness (QED) is 0.639. The van der Waals surface area contributed by atoms with Gasteiger partial charge in [-0.15, -0.1) is 0 Å². The first-order valence-electron chi connectivity index (χ1n) is 9.80. The molecule has 28 heavy (non-hydrogen) atoms. The smallest absolute Gasteiger partial charge is 0.243 e. The molecule has 0 radical (unpaired) electrons. The number of benzene rings is 1. The van der Waals surface area contributed by atoms with E-state index in [9.17, 15) is 18.0 Å². The molecule has 1 saturated carbocycles. The molecule has 8 heteroatoms. The van der Waals surface area contributed by atoms with Crippen molar-refractivity contribution in [2.75, 3.05) is 26.7 Å². The van der Waals surface area contributed by atoms with E-state index < -0.39 is 15.9 Å². The highest BCUT2D eigenvalue weighted by Gasteiger charge is 2.23. The van der Waals surface area contributed by atoms with Gasteiger partial charge in [-0.2, -0.15) is 4.31 Å². The van der Waals surface area contributed by atoms with Crippen LogP contribution in [0.1, 0.15) is 43.2 Å². The highest BCUT2D eigenvalue weighted by atomic mass is 32.2. The van der Waals surface area contributed by atoms with Crippen molar-refractivity contribution in [2.24, 2.45) is 5.92 Å². The maximum atomic E-state index is 12.6. The summed E-state index contributed by atoms with van der Waals surface area (Å²) in [6.45, 7) is 4.11. The van der Waals surface area contributed by atoms with Crippen LogP contribution in [-0.2, 0) is 19.6 Å². The molecule has 0 spiro atoms. The molecule has 2 rings (SSSR count). The second-order valence-corrected chi connectivity index (χ2v) is 9.53. The number of sulfonamides is 1. The third-order valence-corrected chi connectivity index (χ3v) is 7.07. The second kappa shape index (κ2) is 10.0. The van der Waals surface area contributed by atoms with Gasteiger partial charge < -0.3 is 10.6 Å². The Morgan fingerprint density at radius 1 is 1.04 bits per heavy atom. The minimum atomic E-state index is -3.73. The van der Waals surface area contributed by atoms with Crippen LogP contribution in [-0.4, -0.2) is 51.2 Å². The Labute approximate surface area is 167 Å². The topological polar surface area (TPSA) is 95.6 Å². The lowest BCUT2D eigenvalue weighted by atomic mass is 9.89. The lowest BCUT2D eigenvalue weighted by molar-refractivity contribution is -0.126. The Kier molecular flexibility index (Phi) is 8.00. The van der Waals surface area contributed by atoms with Crippen LogP contribution in [0.3, 0.4) is 0 Å². The van der Waals surface area contributed by atoms with Crippen LogP contribution in [0.15, 0.2) is 23.1 Å². The van der Waals surface area contributed by atoms with Crippen LogP contribution < -0.4 is 10.6 Å². The maximum Gasteiger partial charge on any atom is 0.243 e. The number of aryl methyl sites for hydroxylation is 2. The van der Waals surface area contributed by atoms with E-state index in [2.05, 4.69) is 10.6 Å². The number of nitrogens with one attached hydrogen (secondary N) is 2. The van der Waals surface area contributed by atoms with E-state index in [1.54, 1.807) is 18.2 Å². The summed E-state index contributed by atoms with van der Waals surface area (Å²) < 4.78 is 26.3. The number of carbonyl (C=O) groups is 2. The van der Waals surface area contributed by atoms with Crippen LogP contribution in [0.2, 0.25) is 0 Å². The minimum absolute atomic E-state index is 0.0448. The molecule has 0 heterocycles. The van der Waals surface area contributed by atoms with Gasteiger partial charge in [-0.1, -0.05) is 25.3 Å². The lowest BCUT2D eigenvalue weighted by Gasteiger charge is -2.21. The highest BCUT2D eigenvalue weighted by molar-refractivity contribution is 7.89. The van der Waals surface area contributed by atoms with E-state index in [0.717, 1.165) is 41.1 Å². The van der Waals surface area contributed by atoms with Gasteiger partial charge in [0.25, 0.3) is 0 Å². The molecule has 0 atom stereocenters. The zero-order valence-electron chi connectivity index (χ0n) is 17.0. The van der Waals surface area contributed by atoms with E-state index in [-0.39, 0.29) is 29.8 Å². The Bertz CT molecular complexity index is 802. The molecule has 2 N–H and O–H groups in total. The van der Waals surface area contributed by atoms with Crippen molar-refractivity contribution in [3.05, 3.63) is 29.3 Å². The van der Waals surface area contributed by atoms with Gasteiger partial charge in [-0.25, -0.2) is 8.42 Å². The largest absolute Gasteiger partial charge is 0.354 e.